The first-order chi connectivity index (χ1) is 7.40. The zero-order chi connectivity index (χ0) is 10.5. The van der Waals surface area contributed by atoms with Crippen LogP contribution in [0.5, 0.6) is 0 Å². The van der Waals surface area contributed by atoms with E-state index in [4.69, 9.17) is 0 Å². The molecule has 1 heterocycles. The first-order valence-corrected chi connectivity index (χ1v) is 6.02. The Morgan fingerprint density at radius 3 is 3.00 bits per heavy atom. The van der Waals surface area contributed by atoms with Gasteiger partial charge in [0.1, 0.15) is 0 Å². The van der Waals surface area contributed by atoms with E-state index < -0.39 is 0 Å². The monoisotopic (exact) mass is 214 g/mol. The summed E-state index contributed by atoms with van der Waals surface area (Å²) in [5.74, 6) is 0. The largest absolute Gasteiger partial charge is 0.144 e. The van der Waals surface area contributed by atoms with E-state index in [0.29, 0.717) is 0 Å². The van der Waals surface area contributed by atoms with Crippen LogP contribution < -0.4 is 0 Å². The lowest BCUT2D eigenvalue weighted by molar-refractivity contribution is 1.28. The fourth-order valence-corrected chi connectivity index (χ4v) is 2.37. The second kappa shape index (κ2) is 4.94. The molecule has 0 aliphatic heterocycles. The lowest BCUT2D eigenvalue weighted by Crippen LogP contribution is -1.78. The average molecular weight is 214 g/mol. The molecule has 0 radical (unpaired) electrons. The molecule has 2 rings (SSSR count). The molecule has 15 heavy (non-hydrogen) atoms. The van der Waals surface area contributed by atoms with E-state index in [1.165, 1.54) is 15.6 Å². The van der Waals surface area contributed by atoms with Gasteiger partial charge in [-0.3, -0.25) is 0 Å². The Labute approximate surface area is 94.6 Å². The molecule has 0 nitrogen and oxygen atoms in total. The molecule has 1 aromatic carbocycles. The standard InChI is InChI=1S/C14H14S/c1-2-3-4-5-6-12-7-8-13-9-10-15-14(13)11-12/h2-5,7-11H,6H2,1H3. The third kappa shape index (κ3) is 2.57. The van der Waals surface area contributed by atoms with Crippen LogP contribution in [0, 0.1) is 0 Å². The maximum absolute atomic E-state index is 2.28. The Morgan fingerprint density at radius 1 is 1.20 bits per heavy atom. The van der Waals surface area contributed by atoms with Gasteiger partial charge in [-0.2, -0.15) is 0 Å². The SMILES string of the molecule is CC=CC=CCc1ccc2ccsc2c1. The van der Waals surface area contributed by atoms with Crippen molar-refractivity contribution in [3.05, 3.63) is 59.5 Å². The van der Waals surface area contributed by atoms with Gasteiger partial charge in [-0.15, -0.1) is 11.3 Å². The molecule has 0 aliphatic carbocycles. The van der Waals surface area contributed by atoms with Gasteiger partial charge in [0.15, 0.2) is 0 Å². The molecular formula is C14H14S. The molecule has 0 fully saturated rings. The van der Waals surface area contributed by atoms with E-state index in [0.717, 1.165) is 6.42 Å². The van der Waals surface area contributed by atoms with Crippen molar-refractivity contribution in [1.29, 1.82) is 0 Å². The zero-order valence-corrected chi connectivity index (χ0v) is 9.63. The lowest BCUT2D eigenvalue weighted by Gasteiger charge is -1.96. The maximum atomic E-state index is 2.28. The second-order valence-electron chi connectivity index (χ2n) is 3.45. The van der Waals surface area contributed by atoms with E-state index in [2.05, 4.69) is 47.9 Å². The molecule has 0 bridgehead atoms. The molecular weight excluding hydrogens is 200 g/mol. The number of fused-ring (bicyclic) bond motifs is 1. The van der Waals surface area contributed by atoms with Crippen LogP contribution in [0.3, 0.4) is 0 Å². The minimum absolute atomic E-state index is 1.01. The summed E-state index contributed by atoms with van der Waals surface area (Å²) in [7, 11) is 0. The minimum atomic E-state index is 1.01. The second-order valence-corrected chi connectivity index (χ2v) is 4.40. The molecule has 2 aromatic rings. The van der Waals surface area contributed by atoms with Crippen LogP contribution in [0.25, 0.3) is 10.1 Å². The normalized spacial score (nSPS) is 12.1. The number of hydrogen-bond acceptors (Lipinski definition) is 1. The van der Waals surface area contributed by atoms with E-state index in [1.807, 2.05) is 24.3 Å². The topological polar surface area (TPSA) is 0 Å². The maximum Gasteiger partial charge on any atom is 0.0345 e. The summed E-state index contributed by atoms with van der Waals surface area (Å²) in [6.07, 6.45) is 9.40. The van der Waals surface area contributed by atoms with Crippen LogP contribution in [0.4, 0.5) is 0 Å². The van der Waals surface area contributed by atoms with Gasteiger partial charge >= 0.3 is 0 Å². The molecule has 0 unspecified atom stereocenters. The highest BCUT2D eigenvalue weighted by atomic mass is 32.1. The number of rotatable bonds is 3. The lowest BCUT2D eigenvalue weighted by atomic mass is 10.1. The molecule has 0 N–H and O–H groups in total. The van der Waals surface area contributed by atoms with Gasteiger partial charge in [-0.1, -0.05) is 36.4 Å². The molecule has 0 saturated heterocycles. The highest BCUT2D eigenvalue weighted by molar-refractivity contribution is 7.17. The summed E-state index contributed by atoms with van der Waals surface area (Å²) in [6, 6.07) is 8.85. The Balaban J connectivity index is 2.14. The van der Waals surface area contributed by atoms with Crippen LogP contribution >= 0.6 is 11.3 Å². The Hall–Kier alpha value is -1.34. The number of hydrogen-bond donors (Lipinski definition) is 0. The van der Waals surface area contributed by atoms with E-state index in [9.17, 15) is 0 Å². The van der Waals surface area contributed by atoms with Gasteiger partial charge in [-0.05, 0) is 41.8 Å². The summed E-state index contributed by atoms with van der Waals surface area (Å²) in [5.41, 5.74) is 1.38. The first kappa shape index (κ1) is 10.2. The Morgan fingerprint density at radius 2 is 2.13 bits per heavy atom. The third-order valence-electron chi connectivity index (χ3n) is 2.31. The van der Waals surface area contributed by atoms with E-state index in [1.54, 1.807) is 0 Å². The summed E-state index contributed by atoms with van der Waals surface area (Å²) >= 11 is 1.81. The number of thiophene rings is 1. The van der Waals surface area contributed by atoms with Crippen molar-refractivity contribution in [3.8, 4) is 0 Å². The highest BCUT2D eigenvalue weighted by Gasteiger charge is 1.95. The van der Waals surface area contributed by atoms with Gasteiger partial charge in [0.05, 0.1) is 0 Å². The van der Waals surface area contributed by atoms with Crippen LogP contribution in [-0.2, 0) is 6.42 Å². The van der Waals surface area contributed by atoms with Crippen LogP contribution in [0.1, 0.15) is 12.5 Å². The minimum Gasteiger partial charge on any atom is -0.144 e. The summed E-state index contributed by atoms with van der Waals surface area (Å²) in [5, 5.41) is 3.49. The van der Waals surface area contributed by atoms with Crippen molar-refractivity contribution < 1.29 is 0 Å². The van der Waals surface area contributed by atoms with Crippen LogP contribution in [0.15, 0.2) is 53.9 Å². The van der Waals surface area contributed by atoms with E-state index >= 15 is 0 Å². The van der Waals surface area contributed by atoms with Gasteiger partial charge in [-0.25, -0.2) is 0 Å². The molecule has 76 valence electrons. The first-order valence-electron chi connectivity index (χ1n) is 5.14. The zero-order valence-electron chi connectivity index (χ0n) is 8.81. The van der Waals surface area contributed by atoms with Gasteiger partial charge in [0, 0.05) is 4.70 Å². The quantitative estimate of drug-likeness (QED) is 0.656. The predicted octanol–water partition coefficient (Wildman–Crippen LogP) is 4.58. The fraction of sp³-hybridized carbons (Fsp3) is 0.143. The molecule has 0 aliphatic rings. The van der Waals surface area contributed by atoms with Crippen LogP contribution in [0.2, 0.25) is 0 Å². The molecule has 1 aromatic heterocycles. The van der Waals surface area contributed by atoms with Gasteiger partial charge in [0.25, 0.3) is 0 Å². The smallest absolute Gasteiger partial charge is 0.0345 e. The third-order valence-corrected chi connectivity index (χ3v) is 3.19. The highest BCUT2D eigenvalue weighted by Crippen LogP contribution is 2.22. The molecule has 0 atom stereocenters. The van der Waals surface area contributed by atoms with Crippen molar-refractivity contribution in [2.45, 2.75) is 13.3 Å². The van der Waals surface area contributed by atoms with E-state index in [-0.39, 0.29) is 0 Å². The Kier molecular flexibility index (Phi) is 3.36. The van der Waals surface area contributed by atoms with Crippen molar-refractivity contribution in [2.24, 2.45) is 0 Å². The molecule has 0 amide bonds. The van der Waals surface area contributed by atoms with Gasteiger partial charge < -0.3 is 0 Å². The summed E-state index contributed by atoms with van der Waals surface area (Å²) in [6.45, 7) is 2.03. The number of benzene rings is 1. The molecule has 0 saturated carbocycles. The number of allylic oxidation sites excluding steroid dienone is 4. The Bertz CT molecular complexity index is 489. The average Bonchev–Trinajstić information content (AvgIpc) is 2.71. The van der Waals surface area contributed by atoms with Crippen molar-refractivity contribution >= 4 is 21.4 Å². The fourth-order valence-electron chi connectivity index (χ4n) is 1.52. The molecule has 1 heteroatoms. The predicted molar refractivity (Wildman–Crippen MR) is 69.5 cm³/mol. The summed E-state index contributed by atoms with van der Waals surface area (Å²) in [4.78, 5) is 0. The van der Waals surface area contributed by atoms with Crippen molar-refractivity contribution in [3.63, 3.8) is 0 Å². The summed E-state index contributed by atoms with van der Waals surface area (Å²) < 4.78 is 1.38. The van der Waals surface area contributed by atoms with Crippen molar-refractivity contribution in [1.82, 2.24) is 0 Å². The van der Waals surface area contributed by atoms with Crippen LogP contribution in [-0.4, -0.2) is 0 Å². The molecule has 0 spiro atoms. The van der Waals surface area contributed by atoms with Gasteiger partial charge in [0.2, 0.25) is 0 Å². The van der Waals surface area contributed by atoms with Crippen molar-refractivity contribution in [2.75, 3.05) is 0 Å².